The molecule has 0 fully saturated rings. The van der Waals surface area contributed by atoms with Crippen molar-refractivity contribution in [2.24, 2.45) is 0 Å². The maximum absolute atomic E-state index is 4.63. The smallest absolute Gasteiger partial charge is 0.0239 e. The molecule has 1 rings (SSSR count). The minimum atomic E-state index is 0.0907. The fourth-order valence-corrected chi connectivity index (χ4v) is 2.46. The standard InChI is InChI=1S/C18H31NS/c1-12(20)14-9-15(17(3,4)5)11-16(10-14)18(6,7)13(2)19-8/h9-13,19-20H,1-8H3. The zero-order valence-corrected chi connectivity index (χ0v) is 15.2. The Morgan fingerprint density at radius 3 is 1.85 bits per heavy atom. The van der Waals surface area contributed by atoms with Gasteiger partial charge in [-0.2, -0.15) is 12.6 Å². The van der Waals surface area contributed by atoms with Crippen molar-refractivity contribution in [1.82, 2.24) is 5.32 Å². The van der Waals surface area contributed by atoms with Crippen LogP contribution < -0.4 is 5.32 Å². The van der Waals surface area contributed by atoms with Gasteiger partial charge in [-0.25, -0.2) is 0 Å². The van der Waals surface area contributed by atoms with Crippen molar-refractivity contribution in [2.45, 2.75) is 70.6 Å². The Morgan fingerprint density at radius 2 is 1.45 bits per heavy atom. The molecule has 114 valence electrons. The van der Waals surface area contributed by atoms with Crippen molar-refractivity contribution in [2.75, 3.05) is 7.05 Å². The molecule has 2 atom stereocenters. The van der Waals surface area contributed by atoms with Gasteiger partial charge in [0.2, 0.25) is 0 Å². The molecule has 1 nitrogen and oxygen atoms in total. The second-order valence-electron chi connectivity index (χ2n) is 7.50. The number of likely N-dealkylation sites (N-methyl/N-ethyl adjacent to an activating group) is 1. The van der Waals surface area contributed by atoms with Gasteiger partial charge in [-0.3, -0.25) is 0 Å². The van der Waals surface area contributed by atoms with Crippen LogP contribution in [0.15, 0.2) is 18.2 Å². The molecule has 1 N–H and O–H groups in total. The van der Waals surface area contributed by atoms with Gasteiger partial charge in [0, 0.05) is 16.7 Å². The van der Waals surface area contributed by atoms with E-state index in [1.807, 2.05) is 7.05 Å². The third-order valence-electron chi connectivity index (χ3n) is 4.56. The van der Waals surface area contributed by atoms with E-state index < -0.39 is 0 Å². The highest BCUT2D eigenvalue weighted by Crippen LogP contribution is 2.35. The fraction of sp³-hybridized carbons (Fsp3) is 0.667. The highest BCUT2D eigenvalue weighted by atomic mass is 32.1. The average Bonchev–Trinajstić information content (AvgIpc) is 2.35. The molecule has 1 aromatic carbocycles. The molecule has 0 aliphatic rings. The van der Waals surface area contributed by atoms with Crippen molar-refractivity contribution in [3.63, 3.8) is 0 Å². The molecule has 0 amide bonds. The summed E-state index contributed by atoms with van der Waals surface area (Å²) >= 11 is 4.63. The van der Waals surface area contributed by atoms with Gasteiger partial charge >= 0.3 is 0 Å². The van der Waals surface area contributed by atoms with E-state index in [9.17, 15) is 0 Å². The zero-order valence-electron chi connectivity index (χ0n) is 14.3. The number of nitrogens with one attached hydrogen (secondary N) is 1. The van der Waals surface area contributed by atoms with E-state index in [-0.39, 0.29) is 16.1 Å². The second-order valence-corrected chi connectivity index (χ2v) is 8.28. The SMILES string of the molecule is CNC(C)C(C)(C)c1cc(C(C)S)cc(C(C)(C)C)c1. The largest absolute Gasteiger partial charge is 0.316 e. The van der Waals surface area contributed by atoms with E-state index >= 15 is 0 Å². The molecule has 0 aliphatic carbocycles. The Balaban J connectivity index is 3.43. The molecule has 0 radical (unpaired) electrons. The van der Waals surface area contributed by atoms with Gasteiger partial charge in [-0.05, 0) is 43.0 Å². The van der Waals surface area contributed by atoms with Gasteiger partial charge in [-0.15, -0.1) is 0 Å². The highest BCUT2D eigenvalue weighted by Gasteiger charge is 2.29. The molecular formula is C18H31NS. The quantitative estimate of drug-likeness (QED) is 0.755. The first-order chi connectivity index (χ1) is 9.00. The van der Waals surface area contributed by atoms with Crippen LogP contribution in [0.4, 0.5) is 0 Å². The van der Waals surface area contributed by atoms with Gasteiger partial charge in [0.25, 0.3) is 0 Å². The molecule has 0 heterocycles. The minimum absolute atomic E-state index is 0.0907. The highest BCUT2D eigenvalue weighted by molar-refractivity contribution is 7.80. The zero-order chi connectivity index (χ0) is 15.7. The Hall–Kier alpha value is -0.470. The van der Waals surface area contributed by atoms with Gasteiger partial charge in [0.15, 0.2) is 0 Å². The van der Waals surface area contributed by atoms with E-state index in [4.69, 9.17) is 0 Å². The molecular weight excluding hydrogens is 262 g/mol. The maximum atomic E-state index is 4.63. The van der Waals surface area contributed by atoms with Crippen molar-refractivity contribution < 1.29 is 0 Å². The maximum Gasteiger partial charge on any atom is 0.0239 e. The van der Waals surface area contributed by atoms with E-state index in [1.54, 1.807) is 0 Å². The normalized spacial score (nSPS) is 16.1. The number of rotatable bonds is 4. The molecule has 2 unspecified atom stereocenters. The molecule has 0 saturated heterocycles. The summed E-state index contributed by atoms with van der Waals surface area (Å²) in [7, 11) is 2.03. The van der Waals surface area contributed by atoms with Gasteiger partial charge in [-0.1, -0.05) is 52.8 Å². The van der Waals surface area contributed by atoms with Crippen LogP contribution in [-0.4, -0.2) is 13.1 Å². The number of benzene rings is 1. The summed E-state index contributed by atoms with van der Waals surface area (Å²) in [5.41, 5.74) is 4.34. The van der Waals surface area contributed by atoms with Gasteiger partial charge in [0.1, 0.15) is 0 Å². The average molecular weight is 294 g/mol. The van der Waals surface area contributed by atoms with Crippen molar-refractivity contribution in [3.8, 4) is 0 Å². The van der Waals surface area contributed by atoms with E-state index in [2.05, 4.69) is 84.6 Å². The summed E-state index contributed by atoms with van der Waals surface area (Å²) in [6, 6.07) is 7.41. The molecule has 0 bridgehead atoms. The van der Waals surface area contributed by atoms with Crippen LogP contribution in [0.1, 0.15) is 70.4 Å². The second kappa shape index (κ2) is 6.11. The Labute approximate surface area is 131 Å². The monoisotopic (exact) mass is 293 g/mol. The van der Waals surface area contributed by atoms with Gasteiger partial charge < -0.3 is 5.32 Å². The molecule has 0 aliphatic heterocycles. The summed E-state index contributed by atoms with van der Waals surface area (Å²) in [5, 5.41) is 3.65. The van der Waals surface area contributed by atoms with Crippen LogP contribution in [0.2, 0.25) is 0 Å². The predicted octanol–water partition coefficient (Wildman–Crippen LogP) is 4.86. The molecule has 0 saturated carbocycles. The third kappa shape index (κ3) is 3.79. The third-order valence-corrected chi connectivity index (χ3v) is 4.86. The number of hydrogen-bond acceptors (Lipinski definition) is 2. The molecule has 20 heavy (non-hydrogen) atoms. The van der Waals surface area contributed by atoms with Crippen LogP contribution >= 0.6 is 12.6 Å². The fourth-order valence-electron chi connectivity index (χ4n) is 2.31. The van der Waals surface area contributed by atoms with Crippen molar-refractivity contribution in [3.05, 3.63) is 34.9 Å². The van der Waals surface area contributed by atoms with Crippen molar-refractivity contribution in [1.29, 1.82) is 0 Å². The minimum Gasteiger partial charge on any atom is -0.316 e. The molecule has 1 aromatic rings. The Kier molecular flexibility index (Phi) is 5.37. The van der Waals surface area contributed by atoms with E-state index in [0.29, 0.717) is 6.04 Å². The Morgan fingerprint density at radius 1 is 0.950 bits per heavy atom. The van der Waals surface area contributed by atoms with Crippen LogP contribution in [0.25, 0.3) is 0 Å². The van der Waals surface area contributed by atoms with E-state index in [1.165, 1.54) is 16.7 Å². The van der Waals surface area contributed by atoms with Crippen LogP contribution in [0, 0.1) is 0 Å². The number of hydrogen-bond donors (Lipinski definition) is 2. The summed E-state index contributed by atoms with van der Waals surface area (Å²) in [6.45, 7) is 15.8. The lowest BCUT2D eigenvalue weighted by Crippen LogP contribution is -2.40. The summed E-state index contributed by atoms with van der Waals surface area (Å²) in [6.07, 6.45) is 0. The van der Waals surface area contributed by atoms with Crippen molar-refractivity contribution >= 4 is 12.6 Å². The summed E-state index contributed by atoms with van der Waals surface area (Å²) in [4.78, 5) is 0. The molecule has 2 heteroatoms. The first-order valence-corrected chi connectivity index (χ1v) is 8.03. The Bertz CT molecular complexity index is 455. The first-order valence-electron chi connectivity index (χ1n) is 7.51. The van der Waals surface area contributed by atoms with Crippen LogP contribution in [0.3, 0.4) is 0 Å². The van der Waals surface area contributed by atoms with Crippen LogP contribution in [0.5, 0.6) is 0 Å². The first kappa shape index (κ1) is 17.6. The summed E-state index contributed by atoms with van der Waals surface area (Å²) in [5.74, 6) is 0. The molecule has 0 aromatic heterocycles. The lowest BCUT2D eigenvalue weighted by atomic mass is 9.75. The lowest BCUT2D eigenvalue weighted by molar-refractivity contribution is 0.382. The topological polar surface area (TPSA) is 12.0 Å². The molecule has 0 spiro atoms. The predicted molar refractivity (Wildman–Crippen MR) is 94.1 cm³/mol. The summed E-state index contributed by atoms with van der Waals surface area (Å²) < 4.78 is 0. The van der Waals surface area contributed by atoms with E-state index in [0.717, 1.165) is 0 Å². The number of thiol groups is 1. The van der Waals surface area contributed by atoms with Crippen LogP contribution in [-0.2, 0) is 10.8 Å². The van der Waals surface area contributed by atoms with Gasteiger partial charge in [0.05, 0.1) is 0 Å². The lowest BCUT2D eigenvalue weighted by Gasteiger charge is -2.34.